The number of aryl methyl sites for hydroxylation is 1. The summed E-state index contributed by atoms with van der Waals surface area (Å²) in [6.45, 7) is 4.26. The Morgan fingerprint density at radius 1 is 1.24 bits per heavy atom. The van der Waals surface area contributed by atoms with Gasteiger partial charge in [-0.25, -0.2) is 0 Å². The highest BCUT2D eigenvalue weighted by atomic mass is 16.5. The van der Waals surface area contributed by atoms with Crippen LogP contribution in [0.15, 0.2) is 48.0 Å². The smallest absolute Gasteiger partial charge is 0.266 e. The molecule has 2 aromatic rings. The van der Waals surface area contributed by atoms with Gasteiger partial charge in [0.25, 0.3) is 5.91 Å². The molecule has 0 atom stereocenters. The SMILES string of the molecule is CCOc1cc(/C=C(\C#N)C(=O)Nc2ccc(CC)cc2)ccc1O. The molecule has 0 aliphatic rings. The van der Waals surface area contributed by atoms with E-state index < -0.39 is 5.91 Å². The summed E-state index contributed by atoms with van der Waals surface area (Å²) in [6, 6.07) is 14.0. The number of rotatable bonds is 6. The molecular weight excluding hydrogens is 316 g/mol. The third-order valence-electron chi connectivity index (χ3n) is 3.58. The predicted octanol–water partition coefficient (Wildman–Crippen LogP) is 3.90. The number of carbonyl (C=O) groups is 1. The van der Waals surface area contributed by atoms with Crippen molar-refractivity contribution in [1.82, 2.24) is 0 Å². The Balaban J connectivity index is 2.20. The van der Waals surface area contributed by atoms with E-state index in [-0.39, 0.29) is 11.3 Å². The van der Waals surface area contributed by atoms with Crippen molar-refractivity contribution in [2.45, 2.75) is 20.3 Å². The van der Waals surface area contributed by atoms with Gasteiger partial charge >= 0.3 is 0 Å². The van der Waals surface area contributed by atoms with Crippen molar-refractivity contribution < 1.29 is 14.6 Å². The molecule has 2 N–H and O–H groups in total. The van der Waals surface area contributed by atoms with E-state index >= 15 is 0 Å². The van der Waals surface area contributed by atoms with Crippen LogP contribution in [-0.2, 0) is 11.2 Å². The minimum atomic E-state index is -0.488. The van der Waals surface area contributed by atoms with Gasteiger partial charge < -0.3 is 15.2 Å². The fourth-order valence-electron chi connectivity index (χ4n) is 2.23. The van der Waals surface area contributed by atoms with Crippen molar-refractivity contribution in [1.29, 1.82) is 5.26 Å². The number of nitriles is 1. The molecule has 0 saturated carbocycles. The number of hydrogen-bond donors (Lipinski definition) is 2. The van der Waals surface area contributed by atoms with E-state index in [0.29, 0.717) is 23.6 Å². The number of phenols is 1. The van der Waals surface area contributed by atoms with Crippen LogP contribution in [0, 0.1) is 11.3 Å². The molecule has 0 fully saturated rings. The van der Waals surface area contributed by atoms with Crippen LogP contribution in [0.2, 0.25) is 0 Å². The van der Waals surface area contributed by atoms with Gasteiger partial charge in [0.2, 0.25) is 0 Å². The zero-order chi connectivity index (χ0) is 18.2. The number of hydrogen-bond acceptors (Lipinski definition) is 4. The molecule has 128 valence electrons. The van der Waals surface area contributed by atoms with Gasteiger partial charge in [-0.15, -0.1) is 0 Å². The average Bonchev–Trinajstić information content (AvgIpc) is 2.63. The molecule has 2 aromatic carbocycles. The van der Waals surface area contributed by atoms with E-state index in [1.165, 1.54) is 17.7 Å². The van der Waals surface area contributed by atoms with E-state index in [1.807, 2.05) is 18.2 Å². The number of nitrogens with one attached hydrogen (secondary N) is 1. The number of benzene rings is 2. The van der Waals surface area contributed by atoms with Crippen LogP contribution in [0.1, 0.15) is 25.0 Å². The fraction of sp³-hybridized carbons (Fsp3) is 0.200. The molecule has 0 aliphatic heterocycles. The zero-order valence-electron chi connectivity index (χ0n) is 14.2. The molecule has 0 bridgehead atoms. The van der Waals surface area contributed by atoms with Gasteiger partial charge in [-0.05, 0) is 54.8 Å². The second-order valence-electron chi connectivity index (χ2n) is 5.33. The Kier molecular flexibility index (Phi) is 6.19. The van der Waals surface area contributed by atoms with E-state index in [9.17, 15) is 15.2 Å². The Hall–Kier alpha value is -3.26. The number of aromatic hydroxyl groups is 1. The van der Waals surface area contributed by atoms with Crippen molar-refractivity contribution in [3.05, 3.63) is 59.2 Å². The van der Waals surface area contributed by atoms with Crippen LogP contribution in [-0.4, -0.2) is 17.6 Å². The molecule has 5 heteroatoms. The molecule has 0 radical (unpaired) electrons. The molecule has 0 heterocycles. The summed E-state index contributed by atoms with van der Waals surface area (Å²) in [5, 5.41) is 21.7. The number of carbonyl (C=O) groups excluding carboxylic acids is 1. The number of anilines is 1. The van der Waals surface area contributed by atoms with Crippen molar-refractivity contribution >= 4 is 17.7 Å². The quantitative estimate of drug-likeness (QED) is 0.619. The van der Waals surface area contributed by atoms with Gasteiger partial charge in [-0.3, -0.25) is 4.79 Å². The highest BCUT2D eigenvalue weighted by molar-refractivity contribution is 6.09. The summed E-state index contributed by atoms with van der Waals surface area (Å²) >= 11 is 0. The topological polar surface area (TPSA) is 82.3 Å². The van der Waals surface area contributed by atoms with E-state index in [4.69, 9.17) is 4.74 Å². The molecule has 0 aromatic heterocycles. The van der Waals surface area contributed by atoms with Crippen molar-refractivity contribution in [3.63, 3.8) is 0 Å². The Morgan fingerprint density at radius 3 is 2.56 bits per heavy atom. The molecule has 0 spiro atoms. The van der Waals surface area contributed by atoms with Crippen molar-refractivity contribution in [2.24, 2.45) is 0 Å². The van der Waals surface area contributed by atoms with E-state index in [1.54, 1.807) is 31.2 Å². The summed E-state index contributed by atoms with van der Waals surface area (Å²) in [5.41, 5.74) is 2.35. The summed E-state index contributed by atoms with van der Waals surface area (Å²) < 4.78 is 5.31. The molecular formula is C20H20N2O3. The van der Waals surface area contributed by atoms with Crippen molar-refractivity contribution in [2.75, 3.05) is 11.9 Å². The van der Waals surface area contributed by atoms with Gasteiger partial charge in [0.15, 0.2) is 11.5 Å². The van der Waals surface area contributed by atoms with Crippen LogP contribution in [0.3, 0.4) is 0 Å². The average molecular weight is 336 g/mol. The third-order valence-corrected chi connectivity index (χ3v) is 3.58. The maximum atomic E-state index is 12.3. The first-order valence-corrected chi connectivity index (χ1v) is 8.05. The second-order valence-corrected chi connectivity index (χ2v) is 5.33. The van der Waals surface area contributed by atoms with Gasteiger partial charge in [0.1, 0.15) is 11.6 Å². The monoisotopic (exact) mass is 336 g/mol. The van der Waals surface area contributed by atoms with Gasteiger partial charge in [-0.2, -0.15) is 5.26 Å². The minimum Gasteiger partial charge on any atom is -0.504 e. The molecule has 0 unspecified atom stereocenters. The van der Waals surface area contributed by atoms with Gasteiger partial charge in [0, 0.05) is 5.69 Å². The van der Waals surface area contributed by atoms with Gasteiger partial charge in [0.05, 0.1) is 6.61 Å². The Bertz CT molecular complexity index is 818. The van der Waals surface area contributed by atoms with E-state index in [2.05, 4.69) is 12.2 Å². The lowest BCUT2D eigenvalue weighted by atomic mass is 10.1. The number of phenolic OH excluding ortho intramolecular Hbond substituents is 1. The summed E-state index contributed by atoms with van der Waals surface area (Å²) in [7, 11) is 0. The Labute approximate surface area is 147 Å². The number of amides is 1. The summed E-state index contributed by atoms with van der Waals surface area (Å²) in [5.74, 6) is -0.167. The van der Waals surface area contributed by atoms with Crippen molar-refractivity contribution in [3.8, 4) is 17.6 Å². The molecule has 2 rings (SSSR count). The van der Waals surface area contributed by atoms with E-state index in [0.717, 1.165) is 6.42 Å². The molecule has 0 aliphatic carbocycles. The first-order valence-electron chi connectivity index (χ1n) is 8.05. The molecule has 1 amide bonds. The Morgan fingerprint density at radius 2 is 1.96 bits per heavy atom. The fourth-order valence-corrected chi connectivity index (χ4v) is 2.23. The lowest BCUT2D eigenvalue weighted by Gasteiger charge is -2.07. The maximum Gasteiger partial charge on any atom is 0.266 e. The number of nitrogens with zero attached hydrogens (tertiary/aromatic N) is 1. The number of ether oxygens (including phenoxy) is 1. The van der Waals surface area contributed by atoms with Crippen LogP contribution in [0.4, 0.5) is 5.69 Å². The molecule has 25 heavy (non-hydrogen) atoms. The van der Waals surface area contributed by atoms with Crippen LogP contribution in [0.25, 0.3) is 6.08 Å². The molecule has 5 nitrogen and oxygen atoms in total. The van der Waals surface area contributed by atoms with Crippen LogP contribution >= 0.6 is 0 Å². The standard InChI is InChI=1S/C20H20N2O3/c1-3-14-5-8-17(9-6-14)22-20(24)16(13-21)11-15-7-10-18(23)19(12-15)25-4-2/h5-12,23H,3-4H2,1-2H3,(H,22,24)/b16-11+. The maximum absolute atomic E-state index is 12.3. The lowest BCUT2D eigenvalue weighted by molar-refractivity contribution is -0.112. The van der Waals surface area contributed by atoms with Crippen LogP contribution < -0.4 is 10.1 Å². The second kappa shape index (κ2) is 8.55. The summed E-state index contributed by atoms with van der Waals surface area (Å²) in [4.78, 5) is 12.3. The third kappa shape index (κ3) is 4.85. The largest absolute Gasteiger partial charge is 0.504 e. The first-order chi connectivity index (χ1) is 12.1. The zero-order valence-corrected chi connectivity index (χ0v) is 14.2. The highest BCUT2D eigenvalue weighted by Crippen LogP contribution is 2.27. The summed E-state index contributed by atoms with van der Waals surface area (Å²) in [6.07, 6.45) is 2.37. The molecule has 0 saturated heterocycles. The minimum absolute atomic E-state index is 0.0120. The highest BCUT2D eigenvalue weighted by Gasteiger charge is 2.10. The predicted molar refractivity (Wildman–Crippen MR) is 97.3 cm³/mol. The normalized spacial score (nSPS) is 10.8. The van der Waals surface area contributed by atoms with Gasteiger partial charge in [-0.1, -0.05) is 25.1 Å². The van der Waals surface area contributed by atoms with Crippen LogP contribution in [0.5, 0.6) is 11.5 Å². The lowest BCUT2D eigenvalue weighted by Crippen LogP contribution is -2.13. The first kappa shape index (κ1) is 18.1.